The number of ether oxygens (including phenoxy) is 1. The van der Waals surface area contributed by atoms with Gasteiger partial charge in [-0.2, -0.15) is 0 Å². The van der Waals surface area contributed by atoms with Crippen molar-refractivity contribution < 1.29 is 4.74 Å². The topological polar surface area (TPSA) is 59.6 Å². The molecule has 1 saturated carbocycles. The van der Waals surface area contributed by atoms with Gasteiger partial charge in [-0.05, 0) is 37.5 Å². The van der Waals surface area contributed by atoms with E-state index >= 15 is 0 Å². The summed E-state index contributed by atoms with van der Waals surface area (Å²) in [5.41, 5.74) is 6.38. The van der Waals surface area contributed by atoms with Gasteiger partial charge in [0.15, 0.2) is 5.96 Å². The standard InChI is InChI=1S/C14H27N3O.HI/c1-2-6-14(7-4-8-14)11-17-13(15)16-10-12-5-3-9-18-12;/h12H,2-11H2,1H3,(H3,15,16,17);1H. The Labute approximate surface area is 134 Å². The van der Waals surface area contributed by atoms with E-state index in [9.17, 15) is 0 Å². The highest BCUT2D eigenvalue weighted by Crippen LogP contribution is 2.44. The van der Waals surface area contributed by atoms with Crippen LogP contribution in [0.1, 0.15) is 51.9 Å². The highest BCUT2D eigenvalue weighted by atomic mass is 127. The second kappa shape index (κ2) is 8.29. The Morgan fingerprint density at radius 1 is 1.42 bits per heavy atom. The number of hydrogen-bond donors (Lipinski definition) is 2. The van der Waals surface area contributed by atoms with Crippen molar-refractivity contribution in [2.45, 2.75) is 58.0 Å². The predicted molar refractivity (Wildman–Crippen MR) is 90.1 cm³/mol. The third kappa shape index (κ3) is 5.10. The van der Waals surface area contributed by atoms with E-state index in [0.717, 1.165) is 26.1 Å². The lowest BCUT2D eigenvalue weighted by atomic mass is 9.66. The van der Waals surface area contributed by atoms with Crippen molar-refractivity contribution in [1.29, 1.82) is 0 Å². The Balaban J connectivity index is 0.00000180. The van der Waals surface area contributed by atoms with Crippen molar-refractivity contribution in [1.82, 2.24) is 5.32 Å². The van der Waals surface area contributed by atoms with E-state index < -0.39 is 0 Å². The van der Waals surface area contributed by atoms with Crippen LogP contribution in [0.3, 0.4) is 0 Å². The lowest BCUT2D eigenvalue weighted by Gasteiger charge is -2.40. The average molecular weight is 381 g/mol. The SMILES string of the molecule is CCCC1(CN=C(N)NCC2CCCO2)CCC1.I. The molecule has 1 heterocycles. The molecular formula is C14H28IN3O. The molecule has 0 aromatic carbocycles. The zero-order chi connectivity index (χ0) is 12.8. The summed E-state index contributed by atoms with van der Waals surface area (Å²) >= 11 is 0. The van der Waals surface area contributed by atoms with E-state index in [1.54, 1.807) is 0 Å². The molecule has 1 saturated heterocycles. The molecule has 5 heteroatoms. The summed E-state index contributed by atoms with van der Waals surface area (Å²) in [6.07, 6.45) is 9.18. The Morgan fingerprint density at radius 2 is 2.21 bits per heavy atom. The third-order valence-corrected chi connectivity index (χ3v) is 4.31. The average Bonchev–Trinajstić information content (AvgIpc) is 2.82. The minimum atomic E-state index is 0. The van der Waals surface area contributed by atoms with Gasteiger partial charge in [0.05, 0.1) is 6.10 Å². The fraction of sp³-hybridized carbons (Fsp3) is 0.929. The summed E-state index contributed by atoms with van der Waals surface area (Å²) in [6.45, 7) is 4.84. The van der Waals surface area contributed by atoms with Crippen LogP contribution in [0.25, 0.3) is 0 Å². The number of nitrogens with one attached hydrogen (secondary N) is 1. The predicted octanol–water partition coefficient (Wildman–Crippen LogP) is 2.66. The molecule has 1 atom stereocenters. The molecule has 0 spiro atoms. The van der Waals surface area contributed by atoms with Gasteiger partial charge in [0.1, 0.15) is 0 Å². The first-order valence-corrected chi connectivity index (χ1v) is 7.39. The van der Waals surface area contributed by atoms with Crippen LogP contribution in [-0.4, -0.2) is 31.8 Å². The maximum atomic E-state index is 5.92. The maximum Gasteiger partial charge on any atom is 0.188 e. The minimum Gasteiger partial charge on any atom is -0.376 e. The van der Waals surface area contributed by atoms with E-state index in [2.05, 4.69) is 17.2 Å². The first kappa shape index (κ1) is 17.0. The second-order valence-corrected chi connectivity index (χ2v) is 5.82. The monoisotopic (exact) mass is 381 g/mol. The van der Waals surface area contributed by atoms with Crippen LogP contribution in [0.4, 0.5) is 0 Å². The molecule has 0 radical (unpaired) electrons. The summed E-state index contributed by atoms with van der Waals surface area (Å²) in [5.74, 6) is 0.591. The number of hydrogen-bond acceptors (Lipinski definition) is 2. The number of halogens is 1. The van der Waals surface area contributed by atoms with Crippen molar-refractivity contribution in [3.8, 4) is 0 Å². The second-order valence-electron chi connectivity index (χ2n) is 5.82. The Kier molecular flexibility index (Phi) is 7.42. The molecule has 1 aliphatic carbocycles. The Bertz CT molecular complexity index is 286. The fourth-order valence-electron chi connectivity index (χ4n) is 3.03. The number of nitrogens with two attached hydrogens (primary N) is 1. The van der Waals surface area contributed by atoms with E-state index in [1.165, 1.54) is 38.5 Å². The smallest absolute Gasteiger partial charge is 0.188 e. The van der Waals surface area contributed by atoms with Crippen LogP contribution in [0.2, 0.25) is 0 Å². The quantitative estimate of drug-likeness (QED) is 0.423. The zero-order valence-corrected chi connectivity index (χ0v) is 14.3. The summed E-state index contributed by atoms with van der Waals surface area (Å²) < 4.78 is 5.55. The highest BCUT2D eigenvalue weighted by molar-refractivity contribution is 14.0. The highest BCUT2D eigenvalue weighted by Gasteiger charge is 2.35. The molecule has 0 amide bonds. The van der Waals surface area contributed by atoms with Crippen molar-refractivity contribution in [2.24, 2.45) is 16.1 Å². The molecule has 0 aromatic heterocycles. The van der Waals surface area contributed by atoms with Gasteiger partial charge in [-0.15, -0.1) is 24.0 Å². The molecule has 112 valence electrons. The lowest BCUT2D eigenvalue weighted by molar-refractivity contribution is 0.113. The van der Waals surface area contributed by atoms with E-state index in [-0.39, 0.29) is 24.0 Å². The molecule has 2 rings (SSSR count). The summed E-state index contributed by atoms with van der Waals surface area (Å²) in [6, 6.07) is 0. The number of nitrogens with zero attached hydrogens (tertiary/aromatic N) is 1. The van der Waals surface area contributed by atoms with Gasteiger partial charge in [-0.25, -0.2) is 0 Å². The van der Waals surface area contributed by atoms with Gasteiger partial charge in [0.25, 0.3) is 0 Å². The zero-order valence-electron chi connectivity index (χ0n) is 12.0. The first-order chi connectivity index (χ1) is 8.74. The largest absolute Gasteiger partial charge is 0.376 e. The molecule has 0 aromatic rings. The first-order valence-electron chi connectivity index (χ1n) is 7.39. The fourth-order valence-corrected chi connectivity index (χ4v) is 3.03. The van der Waals surface area contributed by atoms with Crippen LogP contribution in [0.5, 0.6) is 0 Å². The van der Waals surface area contributed by atoms with Gasteiger partial charge in [-0.3, -0.25) is 4.99 Å². The van der Waals surface area contributed by atoms with Crippen LogP contribution in [-0.2, 0) is 4.74 Å². The molecular weight excluding hydrogens is 353 g/mol. The normalized spacial score (nSPS) is 25.5. The minimum absolute atomic E-state index is 0. The molecule has 19 heavy (non-hydrogen) atoms. The van der Waals surface area contributed by atoms with Crippen LogP contribution < -0.4 is 11.1 Å². The number of rotatable bonds is 6. The molecule has 2 aliphatic rings. The van der Waals surface area contributed by atoms with Gasteiger partial charge < -0.3 is 15.8 Å². The Morgan fingerprint density at radius 3 is 2.74 bits per heavy atom. The number of aliphatic imine (C=N–C) groups is 1. The van der Waals surface area contributed by atoms with Gasteiger partial charge >= 0.3 is 0 Å². The van der Waals surface area contributed by atoms with Crippen molar-refractivity contribution in [2.75, 3.05) is 19.7 Å². The molecule has 2 fully saturated rings. The maximum absolute atomic E-state index is 5.92. The molecule has 0 bridgehead atoms. The molecule has 3 N–H and O–H groups in total. The van der Waals surface area contributed by atoms with Gasteiger partial charge in [-0.1, -0.05) is 19.8 Å². The van der Waals surface area contributed by atoms with E-state index in [1.807, 2.05) is 0 Å². The molecule has 1 unspecified atom stereocenters. The third-order valence-electron chi connectivity index (χ3n) is 4.31. The van der Waals surface area contributed by atoms with E-state index in [0.29, 0.717) is 17.5 Å². The summed E-state index contributed by atoms with van der Waals surface area (Å²) in [4.78, 5) is 4.53. The molecule has 4 nitrogen and oxygen atoms in total. The van der Waals surface area contributed by atoms with Crippen molar-refractivity contribution in [3.63, 3.8) is 0 Å². The summed E-state index contributed by atoms with van der Waals surface area (Å²) in [7, 11) is 0. The van der Waals surface area contributed by atoms with Crippen molar-refractivity contribution >= 4 is 29.9 Å². The van der Waals surface area contributed by atoms with Gasteiger partial charge in [0.2, 0.25) is 0 Å². The van der Waals surface area contributed by atoms with Crippen LogP contribution in [0, 0.1) is 5.41 Å². The van der Waals surface area contributed by atoms with Crippen molar-refractivity contribution in [3.05, 3.63) is 0 Å². The number of guanidine groups is 1. The summed E-state index contributed by atoms with van der Waals surface area (Å²) in [5, 5.41) is 3.19. The Hall–Kier alpha value is -0.0400. The van der Waals surface area contributed by atoms with Crippen LogP contribution >= 0.6 is 24.0 Å². The van der Waals surface area contributed by atoms with E-state index in [4.69, 9.17) is 10.5 Å². The molecule has 1 aliphatic heterocycles. The lowest BCUT2D eigenvalue weighted by Crippen LogP contribution is -2.39. The van der Waals surface area contributed by atoms with Crippen LogP contribution in [0.15, 0.2) is 4.99 Å². The van der Waals surface area contributed by atoms with Gasteiger partial charge in [0, 0.05) is 19.7 Å².